The molecule has 0 saturated heterocycles. The van der Waals surface area contributed by atoms with Gasteiger partial charge in [0.1, 0.15) is 0 Å². The Morgan fingerprint density at radius 2 is 2.32 bits per heavy atom. The highest BCUT2D eigenvalue weighted by atomic mass is 32.2. The van der Waals surface area contributed by atoms with E-state index in [0.717, 1.165) is 17.0 Å². The van der Waals surface area contributed by atoms with E-state index in [1.807, 2.05) is 19.1 Å². The van der Waals surface area contributed by atoms with Crippen molar-refractivity contribution in [3.8, 4) is 0 Å². The summed E-state index contributed by atoms with van der Waals surface area (Å²) in [5, 5.41) is 1.95. The van der Waals surface area contributed by atoms with Crippen molar-refractivity contribution >= 4 is 27.0 Å². The Kier molecular flexibility index (Phi) is 6.26. The number of thioether (sulfide) groups is 1. The molecule has 0 bridgehead atoms. The van der Waals surface area contributed by atoms with Gasteiger partial charge in [0.05, 0.1) is 12.2 Å². The normalized spacial score (nSPS) is 12.5. The van der Waals surface area contributed by atoms with E-state index in [1.54, 1.807) is 18.0 Å². The van der Waals surface area contributed by atoms with Crippen molar-refractivity contribution in [3.63, 3.8) is 0 Å². The van der Waals surface area contributed by atoms with Gasteiger partial charge in [-0.2, -0.15) is 20.2 Å². The minimum Gasteiger partial charge on any atom is -0.362 e. The maximum Gasteiger partial charge on any atom is 0.327 e. The van der Waals surface area contributed by atoms with Crippen LogP contribution in [-0.2, 0) is 15.9 Å². The molecule has 2 N–H and O–H groups in total. The van der Waals surface area contributed by atoms with E-state index < -0.39 is 15.3 Å². The summed E-state index contributed by atoms with van der Waals surface area (Å²) in [6, 6.07) is 3.89. The number of hydrogen-bond donors (Lipinski definition) is 2. The summed E-state index contributed by atoms with van der Waals surface area (Å²) in [7, 11) is -2.84. The molecule has 0 aliphatic carbocycles. The molecule has 1 aromatic heterocycles. The molecule has 1 rings (SSSR count). The van der Waals surface area contributed by atoms with E-state index >= 15 is 0 Å². The molecule has 0 radical (unpaired) electrons. The molecule has 106 valence electrons. The van der Waals surface area contributed by atoms with Crippen molar-refractivity contribution in [1.29, 1.82) is 0 Å². The number of rotatable bonds is 5. The van der Waals surface area contributed by atoms with E-state index in [-0.39, 0.29) is 0 Å². The first-order chi connectivity index (χ1) is 8.95. The number of pyridine rings is 1. The van der Waals surface area contributed by atoms with Crippen LogP contribution in [0.15, 0.2) is 23.3 Å². The van der Waals surface area contributed by atoms with Crippen molar-refractivity contribution in [2.45, 2.75) is 12.7 Å². The van der Waals surface area contributed by atoms with E-state index in [2.05, 4.69) is 15.3 Å². The Morgan fingerprint density at radius 1 is 1.58 bits per heavy atom. The molecule has 0 aliphatic heterocycles. The number of nitrogens with zero attached hydrogens (tertiary/aromatic N) is 2. The first-order valence-corrected chi connectivity index (χ1v) is 8.22. The predicted octanol–water partition coefficient (Wildman–Crippen LogP) is 1.09. The zero-order valence-electron chi connectivity index (χ0n) is 10.8. The van der Waals surface area contributed by atoms with E-state index in [1.165, 1.54) is 7.05 Å². The highest BCUT2D eigenvalue weighted by Gasteiger charge is 2.12. The third-order valence-electron chi connectivity index (χ3n) is 2.31. The number of aryl methyl sites for hydroxylation is 1. The number of hydrogen-bond acceptors (Lipinski definition) is 5. The summed E-state index contributed by atoms with van der Waals surface area (Å²) in [6.45, 7) is 2.31. The van der Waals surface area contributed by atoms with Crippen LogP contribution in [0, 0.1) is 6.92 Å². The molecule has 0 atom stereocenters. The van der Waals surface area contributed by atoms with Crippen LogP contribution >= 0.6 is 11.8 Å². The van der Waals surface area contributed by atoms with Gasteiger partial charge in [-0.3, -0.25) is 14.5 Å². The fraction of sp³-hybridized carbons (Fsp3) is 0.455. The van der Waals surface area contributed by atoms with Crippen molar-refractivity contribution in [1.82, 2.24) is 10.3 Å². The third-order valence-corrected chi connectivity index (χ3v) is 4.08. The Morgan fingerprint density at radius 3 is 2.89 bits per heavy atom. The van der Waals surface area contributed by atoms with Gasteiger partial charge in [0, 0.05) is 24.8 Å². The van der Waals surface area contributed by atoms with Crippen molar-refractivity contribution in [3.05, 3.63) is 29.6 Å². The summed E-state index contributed by atoms with van der Waals surface area (Å²) in [4.78, 5) is 8.05. The van der Waals surface area contributed by atoms with Crippen molar-refractivity contribution in [2.75, 3.05) is 19.3 Å². The summed E-state index contributed by atoms with van der Waals surface area (Å²) in [6.07, 6.45) is 1.75. The van der Waals surface area contributed by atoms with Crippen LogP contribution in [0.1, 0.15) is 11.3 Å². The van der Waals surface area contributed by atoms with Gasteiger partial charge < -0.3 is 5.32 Å². The Hall–Kier alpha value is -1.12. The summed E-state index contributed by atoms with van der Waals surface area (Å²) in [5.41, 5.74) is 2.15. The fourth-order valence-corrected chi connectivity index (χ4v) is 2.71. The molecule has 8 heteroatoms. The van der Waals surface area contributed by atoms with Gasteiger partial charge in [-0.25, -0.2) is 0 Å². The fourth-order valence-electron chi connectivity index (χ4n) is 1.34. The van der Waals surface area contributed by atoms with Crippen molar-refractivity contribution < 1.29 is 13.0 Å². The molecule has 1 aromatic rings. The number of amidine groups is 1. The minimum absolute atomic E-state index is 0.312. The van der Waals surface area contributed by atoms with Gasteiger partial charge >= 0.3 is 10.1 Å². The topological polar surface area (TPSA) is 91.7 Å². The molecular formula is C11H17N3O3S2. The minimum atomic E-state index is -4.24. The number of aromatic nitrogens is 1. The van der Waals surface area contributed by atoms with E-state index in [4.69, 9.17) is 4.55 Å². The molecule has 6 nitrogen and oxygen atoms in total. The maximum atomic E-state index is 10.8. The van der Waals surface area contributed by atoms with Crippen LogP contribution in [0.3, 0.4) is 0 Å². The third kappa shape index (κ3) is 5.58. The molecule has 0 unspecified atom stereocenters. The highest BCUT2D eigenvalue weighted by molar-refractivity contribution is 8.01. The van der Waals surface area contributed by atoms with Crippen LogP contribution < -0.4 is 5.32 Å². The monoisotopic (exact) mass is 303 g/mol. The van der Waals surface area contributed by atoms with Crippen LogP contribution in [0.4, 0.5) is 0 Å². The molecule has 0 spiro atoms. The smallest absolute Gasteiger partial charge is 0.327 e. The predicted molar refractivity (Wildman–Crippen MR) is 78.0 cm³/mol. The molecule has 19 heavy (non-hydrogen) atoms. The second-order valence-corrected chi connectivity index (χ2v) is 6.17. The first kappa shape index (κ1) is 15.9. The number of aliphatic imine (C=N–C) groups is 1. The summed E-state index contributed by atoms with van der Waals surface area (Å²) < 4.78 is 30.5. The largest absolute Gasteiger partial charge is 0.362 e. The standard InChI is InChI=1S/C11H17N3O3S2/c1-9-4-3-5-13-10(9)8-18-7-6-14-11(12-2)19(15,16)17/h3-5H,6-8H2,1-2H3,(H,12,14)(H,15,16,17). The molecule has 0 aromatic carbocycles. The van der Waals surface area contributed by atoms with Gasteiger partial charge in [-0.05, 0) is 18.6 Å². The van der Waals surface area contributed by atoms with Gasteiger partial charge in [0.25, 0.3) is 0 Å². The number of nitrogens with one attached hydrogen (secondary N) is 1. The van der Waals surface area contributed by atoms with Crippen LogP contribution in [-0.4, -0.2) is 42.5 Å². The molecule has 1 heterocycles. The summed E-state index contributed by atoms with van der Waals surface area (Å²) in [5.74, 6) is 1.40. The Labute approximate surface area is 117 Å². The SMILES string of the molecule is CN/C(=N\CCSCc1ncccc1C)S(=O)(=O)O. The van der Waals surface area contributed by atoms with Crippen LogP contribution in [0.5, 0.6) is 0 Å². The maximum absolute atomic E-state index is 10.8. The van der Waals surface area contributed by atoms with E-state index in [0.29, 0.717) is 12.3 Å². The Bertz CT molecular complexity index is 544. The zero-order valence-corrected chi connectivity index (χ0v) is 12.5. The highest BCUT2D eigenvalue weighted by Crippen LogP contribution is 2.13. The first-order valence-electron chi connectivity index (χ1n) is 5.63. The zero-order chi connectivity index (χ0) is 14.3. The molecule has 0 saturated carbocycles. The van der Waals surface area contributed by atoms with Crippen molar-refractivity contribution in [2.24, 2.45) is 4.99 Å². The lowest BCUT2D eigenvalue weighted by Crippen LogP contribution is -2.28. The lowest BCUT2D eigenvalue weighted by atomic mass is 10.2. The average molecular weight is 303 g/mol. The van der Waals surface area contributed by atoms with Gasteiger partial charge in [-0.15, -0.1) is 0 Å². The van der Waals surface area contributed by atoms with Gasteiger partial charge in [-0.1, -0.05) is 6.07 Å². The van der Waals surface area contributed by atoms with Gasteiger partial charge in [0.2, 0.25) is 5.17 Å². The average Bonchev–Trinajstić information content (AvgIpc) is 2.34. The Balaban J connectivity index is 2.40. The lowest BCUT2D eigenvalue weighted by Gasteiger charge is -2.04. The molecule has 0 aliphatic rings. The molecule has 0 amide bonds. The van der Waals surface area contributed by atoms with Gasteiger partial charge in [0.15, 0.2) is 0 Å². The quantitative estimate of drug-likeness (QED) is 0.366. The van der Waals surface area contributed by atoms with Crippen LogP contribution in [0.25, 0.3) is 0 Å². The molecule has 0 fully saturated rings. The second-order valence-electron chi connectivity index (χ2n) is 3.73. The second kappa shape index (κ2) is 7.46. The van der Waals surface area contributed by atoms with E-state index in [9.17, 15) is 8.42 Å². The molecular weight excluding hydrogens is 286 g/mol. The summed E-state index contributed by atoms with van der Waals surface area (Å²) >= 11 is 1.61. The van der Waals surface area contributed by atoms with Crippen LogP contribution in [0.2, 0.25) is 0 Å². The lowest BCUT2D eigenvalue weighted by molar-refractivity contribution is 0.496.